The van der Waals surface area contributed by atoms with Crippen LogP contribution < -0.4 is 0 Å². The smallest absolute Gasteiger partial charge is 0.462 e. The van der Waals surface area contributed by atoms with Crippen molar-refractivity contribution in [1.29, 1.82) is 0 Å². The summed E-state index contributed by atoms with van der Waals surface area (Å²) >= 11 is 0. The van der Waals surface area contributed by atoms with Gasteiger partial charge in [-0.1, -0.05) is 306 Å². The topological polar surface area (TPSA) is 237 Å². The number of hydrogen-bond donors (Lipinski definition) is 3. The maximum atomic E-state index is 13.0. The van der Waals surface area contributed by atoms with Gasteiger partial charge in [0.15, 0.2) is 12.2 Å². The molecular formula is C72H140O17P2. The second-order valence-corrected chi connectivity index (χ2v) is 30.3. The highest BCUT2D eigenvalue weighted by Gasteiger charge is 2.30. The molecule has 0 rings (SSSR count). The predicted molar refractivity (Wildman–Crippen MR) is 367 cm³/mol. The van der Waals surface area contributed by atoms with Gasteiger partial charge in [0, 0.05) is 25.7 Å². The SMILES string of the molecule is CCC(C)CCCCCCCCCCCCCCCCC(=O)OC[C@H](COP(=O)(O)OC[C@@H](O)COP(=O)(O)OC[C@@H](COC(=O)CCCCCCCCC(C)C)OC(=O)CCCCCCCCCC(C)C)OC(=O)CCCCCCCCCCCCC(C)CC. The van der Waals surface area contributed by atoms with Gasteiger partial charge in [-0.25, -0.2) is 9.13 Å². The van der Waals surface area contributed by atoms with Crippen LogP contribution >= 0.6 is 15.6 Å². The number of esters is 4. The number of phosphoric acid groups is 2. The largest absolute Gasteiger partial charge is 0.472 e. The fourth-order valence-electron chi connectivity index (χ4n) is 10.8. The van der Waals surface area contributed by atoms with Crippen molar-refractivity contribution in [2.45, 2.75) is 375 Å². The predicted octanol–water partition coefficient (Wildman–Crippen LogP) is 20.5. The van der Waals surface area contributed by atoms with E-state index in [1.165, 1.54) is 154 Å². The lowest BCUT2D eigenvalue weighted by atomic mass is 9.99. The Morgan fingerprint density at radius 3 is 0.780 bits per heavy atom. The minimum absolute atomic E-state index is 0.102. The molecule has 0 fully saturated rings. The van der Waals surface area contributed by atoms with E-state index in [0.717, 1.165) is 108 Å². The number of aliphatic hydroxyl groups excluding tert-OH is 1. The molecule has 0 heterocycles. The summed E-state index contributed by atoms with van der Waals surface area (Å²) in [7, 11) is -9.90. The Balaban J connectivity index is 5.22. The Morgan fingerprint density at radius 1 is 0.308 bits per heavy atom. The first kappa shape index (κ1) is 89.1. The number of carbonyl (C=O) groups excluding carboxylic acids is 4. The second kappa shape index (κ2) is 61.6. The Morgan fingerprint density at radius 2 is 0.527 bits per heavy atom. The fraction of sp³-hybridized carbons (Fsp3) is 0.944. The van der Waals surface area contributed by atoms with E-state index in [4.69, 9.17) is 37.0 Å². The molecule has 0 aliphatic rings. The Labute approximate surface area is 556 Å². The van der Waals surface area contributed by atoms with Crippen LogP contribution in [0.1, 0.15) is 357 Å². The second-order valence-electron chi connectivity index (χ2n) is 27.4. The molecule has 0 spiro atoms. The third-order valence-corrected chi connectivity index (χ3v) is 19.2. The molecular weight excluding hydrogens is 1200 g/mol. The number of hydrogen-bond acceptors (Lipinski definition) is 15. The lowest BCUT2D eigenvalue weighted by Crippen LogP contribution is -2.30. The first-order valence-corrected chi connectivity index (χ1v) is 40.3. The maximum absolute atomic E-state index is 13.0. The highest BCUT2D eigenvalue weighted by molar-refractivity contribution is 7.47. The first-order chi connectivity index (χ1) is 43.7. The maximum Gasteiger partial charge on any atom is 0.472 e. The quantitative estimate of drug-likeness (QED) is 0.0222. The summed E-state index contributed by atoms with van der Waals surface area (Å²) in [6.45, 7) is 14.1. The Kier molecular flexibility index (Phi) is 60.3. The normalized spacial score (nSPS) is 14.8. The molecule has 0 bridgehead atoms. The zero-order chi connectivity index (χ0) is 67.5. The molecule has 0 saturated carbocycles. The molecule has 0 aromatic rings. The summed E-state index contributed by atoms with van der Waals surface area (Å²) in [5.74, 6) is 0.897. The van der Waals surface area contributed by atoms with E-state index in [1.54, 1.807) is 0 Å². The average molecular weight is 1340 g/mol. The molecule has 4 unspecified atom stereocenters. The summed E-state index contributed by atoms with van der Waals surface area (Å²) in [6, 6.07) is 0. The number of unbranched alkanes of at least 4 members (excludes halogenated alkanes) is 33. The van der Waals surface area contributed by atoms with Gasteiger partial charge in [0.05, 0.1) is 26.4 Å². The van der Waals surface area contributed by atoms with Gasteiger partial charge >= 0.3 is 39.5 Å². The van der Waals surface area contributed by atoms with Crippen LogP contribution in [0, 0.1) is 23.7 Å². The summed E-state index contributed by atoms with van der Waals surface area (Å²) in [4.78, 5) is 72.6. The molecule has 3 N–H and O–H groups in total. The Hall–Kier alpha value is -1.94. The van der Waals surface area contributed by atoms with Crippen molar-refractivity contribution in [1.82, 2.24) is 0 Å². The highest BCUT2D eigenvalue weighted by atomic mass is 31.2. The monoisotopic (exact) mass is 1340 g/mol. The number of rotatable bonds is 69. The minimum Gasteiger partial charge on any atom is -0.462 e. The van der Waals surface area contributed by atoms with Crippen LogP contribution in [0.2, 0.25) is 0 Å². The van der Waals surface area contributed by atoms with E-state index in [9.17, 15) is 43.2 Å². The first-order valence-electron chi connectivity index (χ1n) is 37.3. The van der Waals surface area contributed by atoms with Gasteiger partial charge in [-0.15, -0.1) is 0 Å². The molecule has 0 saturated heterocycles. The van der Waals surface area contributed by atoms with Gasteiger partial charge in [-0.3, -0.25) is 37.3 Å². The molecule has 91 heavy (non-hydrogen) atoms. The van der Waals surface area contributed by atoms with Crippen molar-refractivity contribution >= 4 is 39.5 Å². The minimum atomic E-state index is -4.95. The fourth-order valence-corrected chi connectivity index (χ4v) is 12.4. The lowest BCUT2D eigenvalue weighted by Gasteiger charge is -2.21. The molecule has 0 aromatic carbocycles. The van der Waals surface area contributed by atoms with Crippen LogP contribution in [0.4, 0.5) is 0 Å². The van der Waals surface area contributed by atoms with Gasteiger partial charge in [0.2, 0.25) is 0 Å². The molecule has 0 amide bonds. The van der Waals surface area contributed by atoms with Crippen molar-refractivity contribution in [3.05, 3.63) is 0 Å². The van der Waals surface area contributed by atoms with E-state index in [0.29, 0.717) is 37.5 Å². The highest BCUT2D eigenvalue weighted by Crippen LogP contribution is 2.45. The van der Waals surface area contributed by atoms with Gasteiger partial charge < -0.3 is 33.8 Å². The molecule has 19 heteroatoms. The third kappa shape index (κ3) is 63.9. The van der Waals surface area contributed by atoms with Crippen molar-refractivity contribution in [3.63, 3.8) is 0 Å². The van der Waals surface area contributed by atoms with Gasteiger partial charge in [-0.2, -0.15) is 0 Å². The van der Waals surface area contributed by atoms with Crippen LogP contribution in [0.3, 0.4) is 0 Å². The average Bonchev–Trinajstić information content (AvgIpc) is 3.41. The summed E-state index contributed by atoms with van der Waals surface area (Å²) < 4.78 is 68.3. The van der Waals surface area contributed by atoms with Gasteiger partial charge in [0.1, 0.15) is 19.3 Å². The molecule has 0 radical (unpaired) electrons. The van der Waals surface area contributed by atoms with Crippen molar-refractivity contribution < 1.29 is 80.2 Å². The lowest BCUT2D eigenvalue weighted by molar-refractivity contribution is -0.161. The van der Waals surface area contributed by atoms with Crippen LogP contribution in [0.15, 0.2) is 0 Å². The summed E-state index contributed by atoms with van der Waals surface area (Å²) in [5.41, 5.74) is 0. The van der Waals surface area contributed by atoms with E-state index in [1.807, 2.05) is 0 Å². The van der Waals surface area contributed by atoms with Crippen molar-refractivity contribution in [2.24, 2.45) is 23.7 Å². The van der Waals surface area contributed by atoms with Gasteiger partial charge in [0.25, 0.3) is 0 Å². The van der Waals surface area contributed by atoms with E-state index < -0.39 is 97.5 Å². The van der Waals surface area contributed by atoms with Gasteiger partial charge in [-0.05, 0) is 49.4 Å². The van der Waals surface area contributed by atoms with Crippen LogP contribution in [0.25, 0.3) is 0 Å². The number of ether oxygens (including phenoxy) is 4. The molecule has 0 aliphatic heterocycles. The molecule has 7 atom stereocenters. The third-order valence-electron chi connectivity index (χ3n) is 17.3. The number of phosphoric ester groups is 2. The zero-order valence-corrected chi connectivity index (χ0v) is 61.3. The van der Waals surface area contributed by atoms with Crippen LogP contribution in [0.5, 0.6) is 0 Å². The van der Waals surface area contributed by atoms with Crippen LogP contribution in [-0.4, -0.2) is 96.7 Å². The van der Waals surface area contributed by atoms with E-state index >= 15 is 0 Å². The number of aliphatic hydroxyl groups is 1. The summed E-state index contributed by atoms with van der Waals surface area (Å²) in [6.07, 6.45) is 44.6. The Bertz CT molecular complexity index is 1800. The van der Waals surface area contributed by atoms with E-state index in [2.05, 4.69) is 55.4 Å². The van der Waals surface area contributed by atoms with Crippen LogP contribution in [-0.2, 0) is 65.4 Å². The summed E-state index contributed by atoms with van der Waals surface area (Å²) in [5, 5.41) is 10.6. The molecule has 17 nitrogen and oxygen atoms in total. The standard InChI is InChI=1S/C72H140O17P2/c1-9-64(7)50-42-34-25-19-15-13-11-12-14-16-21-27-36-44-52-69(74)82-58-67(88-71(76)54-46-38-28-22-18-17-20-26-35-43-51-65(8)10-2)60-86-90(78,79)84-56-66(73)57-85-91(80,81)87-61-68(59-83-70(75)53-45-37-31-30-33-41-49-63(5)6)89-72(77)55-47-39-29-23-24-32-40-48-62(3)4/h62-68,73H,9-61H2,1-8H3,(H,78,79)(H,80,81)/t64?,65?,66-,67-,68-/m1/s1. The molecule has 0 aromatic heterocycles. The molecule has 0 aliphatic carbocycles. The zero-order valence-electron chi connectivity index (χ0n) is 59.5. The number of carbonyl (C=O) groups is 4. The molecule has 540 valence electrons. The van der Waals surface area contributed by atoms with Crippen molar-refractivity contribution in [2.75, 3.05) is 39.6 Å². The van der Waals surface area contributed by atoms with E-state index in [-0.39, 0.29) is 25.7 Å². The van der Waals surface area contributed by atoms with Crippen molar-refractivity contribution in [3.8, 4) is 0 Å².